The number of carbonyl (C=O) groups is 1. The first-order chi connectivity index (χ1) is 8.54. The van der Waals surface area contributed by atoms with Crippen LogP contribution in [0.5, 0.6) is 11.5 Å². The topological polar surface area (TPSA) is 70.8 Å². The summed E-state index contributed by atoms with van der Waals surface area (Å²) in [4.78, 5) is 11.3. The summed E-state index contributed by atoms with van der Waals surface area (Å²) in [6.07, 6.45) is 0.270. The Morgan fingerprint density at radius 3 is 2.50 bits per heavy atom. The van der Waals surface area contributed by atoms with E-state index in [1.807, 2.05) is 0 Å². The van der Waals surface area contributed by atoms with Crippen molar-refractivity contribution in [1.29, 1.82) is 0 Å². The molecule has 2 N–H and O–H groups in total. The highest BCUT2D eigenvalue weighted by Crippen LogP contribution is 2.37. The van der Waals surface area contributed by atoms with Gasteiger partial charge in [-0.3, -0.25) is 4.79 Å². The van der Waals surface area contributed by atoms with Crippen LogP contribution in [0.4, 0.5) is 0 Å². The van der Waals surface area contributed by atoms with Crippen LogP contribution in [-0.4, -0.2) is 33.3 Å². The average molecular weight is 274 g/mol. The average Bonchev–Trinajstić information content (AvgIpc) is 2.39. The van der Waals surface area contributed by atoms with Crippen molar-refractivity contribution in [2.75, 3.05) is 21.3 Å². The van der Waals surface area contributed by atoms with Crippen LogP contribution in [0, 0.1) is 0 Å². The second-order valence-electron chi connectivity index (χ2n) is 3.61. The molecule has 1 atom stereocenters. The second-order valence-corrected chi connectivity index (χ2v) is 3.99. The van der Waals surface area contributed by atoms with Gasteiger partial charge < -0.3 is 19.9 Å². The largest absolute Gasteiger partial charge is 0.493 e. The van der Waals surface area contributed by atoms with Crippen molar-refractivity contribution in [2.45, 2.75) is 12.5 Å². The van der Waals surface area contributed by atoms with Crippen LogP contribution < -0.4 is 15.2 Å². The van der Waals surface area contributed by atoms with E-state index < -0.39 is 12.0 Å². The predicted octanol–water partition coefficient (Wildman–Crippen LogP) is 1.40. The van der Waals surface area contributed by atoms with Gasteiger partial charge in [0, 0.05) is 0 Å². The molecule has 0 aliphatic carbocycles. The van der Waals surface area contributed by atoms with E-state index in [1.54, 1.807) is 12.1 Å². The Bertz CT molecular complexity index is 436. The molecule has 100 valence electrons. The lowest BCUT2D eigenvalue weighted by atomic mass is 10.1. The number of methoxy groups -OCH3 is 3. The van der Waals surface area contributed by atoms with E-state index in [9.17, 15) is 4.79 Å². The molecule has 0 amide bonds. The van der Waals surface area contributed by atoms with Gasteiger partial charge in [-0.2, -0.15) is 0 Å². The maximum absolute atomic E-state index is 11.3. The number of hydrogen-bond acceptors (Lipinski definition) is 5. The minimum absolute atomic E-state index is 0.270. The smallest absolute Gasteiger partial charge is 0.322 e. The predicted molar refractivity (Wildman–Crippen MR) is 68.3 cm³/mol. The molecule has 6 heteroatoms. The highest BCUT2D eigenvalue weighted by Gasteiger charge is 2.19. The molecule has 1 aromatic rings. The third-order valence-corrected chi connectivity index (χ3v) is 2.92. The van der Waals surface area contributed by atoms with Crippen LogP contribution >= 0.6 is 11.6 Å². The fourth-order valence-corrected chi connectivity index (χ4v) is 1.87. The summed E-state index contributed by atoms with van der Waals surface area (Å²) >= 11 is 6.17. The first kappa shape index (κ1) is 14.6. The molecule has 0 saturated heterocycles. The molecule has 1 rings (SSSR count). The van der Waals surface area contributed by atoms with Crippen LogP contribution in [0.15, 0.2) is 12.1 Å². The number of benzene rings is 1. The summed E-state index contributed by atoms with van der Waals surface area (Å²) in [6, 6.07) is 2.70. The number of halogens is 1. The zero-order valence-corrected chi connectivity index (χ0v) is 11.3. The van der Waals surface area contributed by atoms with Gasteiger partial charge in [-0.1, -0.05) is 17.7 Å². The van der Waals surface area contributed by atoms with Crippen LogP contribution in [0.1, 0.15) is 5.56 Å². The van der Waals surface area contributed by atoms with E-state index in [2.05, 4.69) is 4.74 Å². The molecule has 0 spiro atoms. The Hall–Kier alpha value is -1.46. The van der Waals surface area contributed by atoms with E-state index in [-0.39, 0.29) is 6.42 Å². The van der Waals surface area contributed by atoms with Gasteiger partial charge in [0.25, 0.3) is 0 Å². The van der Waals surface area contributed by atoms with E-state index >= 15 is 0 Å². The molecule has 0 aromatic heterocycles. The number of esters is 1. The van der Waals surface area contributed by atoms with Crippen molar-refractivity contribution in [2.24, 2.45) is 5.73 Å². The van der Waals surface area contributed by atoms with Crippen LogP contribution in [0.3, 0.4) is 0 Å². The van der Waals surface area contributed by atoms with Crippen molar-refractivity contribution in [1.82, 2.24) is 0 Å². The fraction of sp³-hybridized carbons (Fsp3) is 0.417. The lowest BCUT2D eigenvalue weighted by Crippen LogP contribution is -2.33. The Kier molecular flexibility index (Phi) is 5.25. The Labute approximate surface area is 111 Å². The lowest BCUT2D eigenvalue weighted by molar-refractivity contribution is -0.142. The number of rotatable bonds is 5. The van der Waals surface area contributed by atoms with Crippen molar-refractivity contribution >= 4 is 17.6 Å². The first-order valence-electron chi connectivity index (χ1n) is 5.27. The monoisotopic (exact) mass is 273 g/mol. The van der Waals surface area contributed by atoms with Gasteiger partial charge in [0.05, 0.1) is 26.4 Å². The highest BCUT2D eigenvalue weighted by atomic mass is 35.5. The molecule has 18 heavy (non-hydrogen) atoms. The third kappa shape index (κ3) is 3.05. The summed E-state index contributed by atoms with van der Waals surface area (Å²) in [5.74, 6) is 0.465. The summed E-state index contributed by atoms with van der Waals surface area (Å²) in [6.45, 7) is 0. The highest BCUT2D eigenvalue weighted by molar-refractivity contribution is 6.33. The molecular formula is C12H16ClNO4. The zero-order valence-electron chi connectivity index (χ0n) is 10.5. The SMILES string of the molecule is COC(=O)C(N)Cc1ccc(OC)c(OC)c1Cl. The third-order valence-electron chi connectivity index (χ3n) is 2.51. The maximum Gasteiger partial charge on any atom is 0.322 e. The van der Waals surface area contributed by atoms with Crippen LogP contribution in [0.2, 0.25) is 5.02 Å². The van der Waals surface area contributed by atoms with Crippen molar-refractivity contribution in [3.8, 4) is 11.5 Å². The number of ether oxygens (including phenoxy) is 3. The normalized spacial score (nSPS) is 11.8. The first-order valence-corrected chi connectivity index (χ1v) is 5.65. The molecule has 0 fully saturated rings. The van der Waals surface area contributed by atoms with Crippen LogP contribution in [-0.2, 0) is 16.0 Å². The van der Waals surface area contributed by atoms with Gasteiger partial charge in [-0.15, -0.1) is 0 Å². The maximum atomic E-state index is 11.3. The molecule has 5 nitrogen and oxygen atoms in total. The van der Waals surface area contributed by atoms with Gasteiger partial charge in [0.15, 0.2) is 11.5 Å². The molecule has 0 aliphatic heterocycles. The molecule has 1 unspecified atom stereocenters. The van der Waals surface area contributed by atoms with Crippen molar-refractivity contribution in [3.05, 3.63) is 22.7 Å². The van der Waals surface area contributed by atoms with E-state index in [0.717, 1.165) is 0 Å². The molecular weight excluding hydrogens is 258 g/mol. The molecule has 0 bridgehead atoms. The number of carbonyl (C=O) groups excluding carboxylic acids is 1. The number of hydrogen-bond donors (Lipinski definition) is 1. The van der Waals surface area contributed by atoms with Gasteiger partial charge >= 0.3 is 5.97 Å². The molecule has 0 radical (unpaired) electrons. The van der Waals surface area contributed by atoms with Crippen molar-refractivity contribution in [3.63, 3.8) is 0 Å². The summed E-state index contributed by atoms with van der Waals surface area (Å²) < 4.78 is 14.8. The summed E-state index contributed by atoms with van der Waals surface area (Å²) in [5, 5.41) is 0.385. The second kappa shape index (κ2) is 6.47. The minimum Gasteiger partial charge on any atom is -0.493 e. The summed E-state index contributed by atoms with van der Waals surface area (Å²) in [7, 11) is 4.31. The number of nitrogens with two attached hydrogens (primary N) is 1. The molecule has 1 aromatic carbocycles. The van der Waals surface area contributed by atoms with Gasteiger partial charge in [0.1, 0.15) is 6.04 Å². The quantitative estimate of drug-likeness (QED) is 0.821. The molecule has 0 aliphatic rings. The van der Waals surface area contributed by atoms with Gasteiger partial charge in [-0.05, 0) is 18.1 Å². The van der Waals surface area contributed by atoms with Crippen molar-refractivity contribution < 1.29 is 19.0 Å². The van der Waals surface area contributed by atoms with Gasteiger partial charge in [0.2, 0.25) is 0 Å². The Balaban J connectivity index is 3.01. The Morgan fingerprint density at radius 1 is 1.33 bits per heavy atom. The van der Waals surface area contributed by atoms with Gasteiger partial charge in [-0.25, -0.2) is 0 Å². The standard InChI is InChI=1S/C12H16ClNO4/c1-16-9-5-4-7(10(13)11(9)17-2)6-8(14)12(15)18-3/h4-5,8H,6,14H2,1-3H3. The summed E-state index contributed by atoms with van der Waals surface area (Å²) in [5.41, 5.74) is 6.39. The van der Waals surface area contributed by atoms with E-state index in [1.165, 1.54) is 21.3 Å². The lowest BCUT2D eigenvalue weighted by Gasteiger charge is -2.14. The molecule has 0 heterocycles. The van der Waals surface area contributed by atoms with E-state index in [0.29, 0.717) is 22.1 Å². The zero-order chi connectivity index (χ0) is 13.7. The fourth-order valence-electron chi connectivity index (χ4n) is 1.56. The Morgan fingerprint density at radius 2 is 2.00 bits per heavy atom. The van der Waals surface area contributed by atoms with E-state index in [4.69, 9.17) is 26.8 Å². The minimum atomic E-state index is -0.759. The molecule has 0 saturated carbocycles. The van der Waals surface area contributed by atoms with Crippen LogP contribution in [0.25, 0.3) is 0 Å².